The van der Waals surface area contributed by atoms with E-state index in [-0.39, 0.29) is 17.1 Å². The highest BCUT2D eigenvalue weighted by molar-refractivity contribution is 8.00. The molecule has 1 aromatic carbocycles. The minimum atomic E-state index is -0.285. The van der Waals surface area contributed by atoms with E-state index in [1.54, 1.807) is 12.3 Å². The summed E-state index contributed by atoms with van der Waals surface area (Å²) in [6, 6.07) is 11.1. The van der Waals surface area contributed by atoms with E-state index in [4.69, 9.17) is 0 Å². The number of nitrogens with zero attached hydrogens (tertiary/aromatic N) is 1. The molecule has 0 aliphatic heterocycles. The first-order valence-electron chi connectivity index (χ1n) is 7.44. The average Bonchev–Trinajstić information content (AvgIpc) is 3.29. The molecule has 0 saturated heterocycles. The van der Waals surface area contributed by atoms with Crippen LogP contribution in [0.15, 0.2) is 58.3 Å². The summed E-state index contributed by atoms with van der Waals surface area (Å²) in [7, 11) is 0. The Balaban J connectivity index is 1.61. The Bertz CT molecular complexity index is 848. The molecule has 2 heterocycles. The van der Waals surface area contributed by atoms with Crippen LogP contribution in [-0.2, 0) is 4.79 Å². The van der Waals surface area contributed by atoms with E-state index in [0.717, 1.165) is 4.90 Å². The quantitative estimate of drug-likeness (QED) is 0.606. The predicted octanol–water partition coefficient (Wildman–Crippen LogP) is 4.58. The molecule has 2 amide bonds. The summed E-state index contributed by atoms with van der Waals surface area (Å²) in [5, 5.41) is 9.64. The predicted molar refractivity (Wildman–Crippen MR) is 105 cm³/mol. The molecule has 25 heavy (non-hydrogen) atoms. The van der Waals surface area contributed by atoms with Gasteiger partial charge in [-0.25, -0.2) is 4.98 Å². The second-order valence-corrected chi connectivity index (χ2v) is 8.30. The number of nitrogens with one attached hydrogen (secondary N) is 2. The van der Waals surface area contributed by atoms with Crippen LogP contribution >= 0.6 is 34.4 Å². The summed E-state index contributed by atoms with van der Waals surface area (Å²) in [6.45, 7) is 1.84. The van der Waals surface area contributed by atoms with Gasteiger partial charge in [0.15, 0.2) is 5.13 Å². The smallest absolute Gasteiger partial charge is 0.265 e. The molecule has 0 saturated carbocycles. The lowest BCUT2D eigenvalue weighted by Gasteiger charge is -2.11. The maximum absolute atomic E-state index is 12.2. The Hall–Kier alpha value is -2.16. The van der Waals surface area contributed by atoms with Gasteiger partial charge in [0.1, 0.15) is 0 Å². The molecule has 5 nitrogen and oxygen atoms in total. The lowest BCUT2D eigenvalue weighted by molar-refractivity contribution is -0.115. The summed E-state index contributed by atoms with van der Waals surface area (Å²) in [5.41, 5.74) is 0.705. The van der Waals surface area contributed by atoms with E-state index >= 15 is 0 Å². The summed E-state index contributed by atoms with van der Waals surface area (Å²) < 4.78 is 0. The van der Waals surface area contributed by atoms with E-state index in [1.165, 1.54) is 34.4 Å². The largest absolute Gasteiger partial charge is 0.321 e. The van der Waals surface area contributed by atoms with Crippen molar-refractivity contribution in [2.24, 2.45) is 0 Å². The number of hydrogen-bond donors (Lipinski definition) is 2. The molecule has 0 spiro atoms. The highest BCUT2D eigenvalue weighted by Gasteiger charge is 2.16. The van der Waals surface area contributed by atoms with E-state index in [2.05, 4.69) is 15.6 Å². The van der Waals surface area contributed by atoms with Crippen molar-refractivity contribution in [3.8, 4) is 0 Å². The summed E-state index contributed by atoms with van der Waals surface area (Å²) in [6.07, 6.45) is 1.65. The number of rotatable bonds is 6. The van der Waals surface area contributed by atoms with Crippen LogP contribution in [0, 0.1) is 0 Å². The first-order chi connectivity index (χ1) is 12.1. The van der Waals surface area contributed by atoms with Crippen LogP contribution in [0.25, 0.3) is 0 Å². The molecule has 1 atom stereocenters. The molecule has 2 N–H and O–H groups in total. The van der Waals surface area contributed by atoms with Crippen molar-refractivity contribution >= 4 is 57.1 Å². The van der Waals surface area contributed by atoms with Gasteiger partial charge in [-0.2, -0.15) is 0 Å². The van der Waals surface area contributed by atoms with Gasteiger partial charge in [0.25, 0.3) is 5.91 Å². The van der Waals surface area contributed by atoms with Crippen LogP contribution in [-0.4, -0.2) is 22.0 Å². The van der Waals surface area contributed by atoms with Crippen molar-refractivity contribution in [2.45, 2.75) is 17.1 Å². The zero-order valence-electron chi connectivity index (χ0n) is 13.3. The van der Waals surface area contributed by atoms with E-state index in [0.29, 0.717) is 15.7 Å². The maximum atomic E-state index is 12.2. The molecule has 0 radical (unpaired) electrons. The van der Waals surface area contributed by atoms with Gasteiger partial charge < -0.3 is 10.6 Å². The lowest BCUT2D eigenvalue weighted by atomic mass is 10.3. The number of aromatic nitrogens is 1. The molecular formula is C17H15N3O2S3. The standard InChI is InChI=1S/C17H15N3O2S3/c1-11(15(21)20-17-18-7-9-24-17)25-13-5-2-4-12(10-13)19-16(22)14-6-3-8-23-14/h2-11H,1H3,(H,19,22)(H,18,20,21). The monoisotopic (exact) mass is 389 g/mol. The molecule has 128 valence electrons. The third-order valence-corrected chi connectivity index (χ3v) is 5.83. The summed E-state index contributed by atoms with van der Waals surface area (Å²) in [5.74, 6) is -0.236. The normalized spacial score (nSPS) is 11.7. The van der Waals surface area contributed by atoms with Crippen LogP contribution < -0.4 is 10.6 Å². The summed E-state index contributed by atoms with van der Waals surface area (Å²) in [4.78, 5) is 29.9. The number of hydrogen-bond acceptors (Lipinski definition) is 6. The van der Waals surface area contributed by atoms with Crippen molar-refractivity contribution in [1.82, 2.24) is 4.98 Å². The molecule has 0 aliphatic rings. The van der Waals surface area contributed by atoms with E-state index < -0.39 is 0 Å². The van der Waals surface area contributed by atoms with Crippen molar-refractivity contribution < 1.29 is 9.59 Å². The van der Waals surface area contributed by atoms with Crippen LogP contribution in [0.1, 0.15) is 16.6 Å². The Morgan fingerprint density at radius 3 is 2.72 bits per heavy atom. The Morgan fingerprint density at radius 2 is 2.00 bits per heavy atom. The summed E-state index contributed by atoms with van der Waals surface area (Å²) >= 11 is 4.21. The molecule has 0 aliphatic carbocycles. The molecule has 0 fully saturated rings. The Labute approximate surface area is 157 Å². The number of benzene rings is 1. The van der Waals surface area contributed by atoms with Gasteiger partial charge in [0.2, 0.25) is 5.91 Å². The average molecular weight is 390 g/mol. The van der Waals surface area contributed by atoms with Gasteiger partial charge in [-0.3, -0.25) is 9.59 Å². The second-order valence-electron chi connectivity index (χ2n) is 5.05. The molecule has 3 aromatic rings. The molecular weight excluding hydrogens is 374 g/mol. The minimum Gasteiger partial charge on any atom is -0.321 e. The van der Waals surface area contributed by atoms with Crippen LogP contribution in [0.2, 0.25) is 0 Å². The third-order valence-electron chi connectivity index (χ3n) is 3.18. The van der Waals surface area contributed by atoms with Gasteiger partial charge in [0.05, 0.1) is 10.1 Å². The molecule has 0 bridgehead atoms. The van der Waals surface area contributed by atoms with Gasteiger partial charge >= 0.3 is 0 Å². The fraction of sp³-hybridized carbons (Fsp3) is 0.118. The highest BCUT2D eigenvalue weighted by Crippen LogP contribution is 2.27. The number of thioether (sulfide) groups is 1. The first-order valence-corrected chi connectivity index (χ1v) is 10.1. The number of thiazole rings is 1. The zero-order chi connectivity index (χ0) is 17.6. The molecule has 8 heteroatoms. The zero-order valence-corrected chi connectivity index (χ0v) is 15.7. The Morgan fingerprint density at radius 1 is 1.12 bits per heavy atom. The van der Waals surface area contributed by atoms with Gasteiger partial charge in [-0.1, -0.05) is 12.1 Å². The SMILES string of the molecule is CC(Sc1cccc(NC(=O)c2cccs2)c1)C(=O)Nc1nccs1. The number of anilines is 2. The molecule has 3 rings (SSSR count). The number of amides is 2. The number of thiophene rings is 1. The molecule has 2 aromatic heterocycles. The fourth-order valence-electron chi connectivity index (χ4n) is 2.00. The topological polar surface area (TPSA) is 71.1 Å². The molecule has 1 unspecified atom stereocenters. The van der Waals surface area contributed by atoms with Crippen molar-refractivity contribution in [2.75, 3.05) is 10.6 Å². The minimum absolute atomic E-state index is 0.104. The van der Waals surface area contributed by atoms with Crippen LogP contribution in [0.4, 0.5) is 10.8 Å². The van der Waals surface area contributed by atoms with Crippen molar-refractivity contribution in [3.63, 3.8) is 0 Å². The Kier molecular flexibility index (Phi) is 5.85. The van der Waals surface area contributed by atoms with Gasteiger partial charge in [-0.05, 0) is 36.6 Å². The van der Waals surface area contributed by atoms with Crippen molar-refractivity contribution in [1.29, 1.82) is 0 Å². The number of carbonyl (C=O) groups excluding carboxylic acids is 2. The van der Waals surface area contributed by atoms with Gasteiger partial charge in [-0.15, -0.1) is 34.4 Å². The lowest BCUT2D eigenvalue weighted by Crippen LogP contribution is -2.22. The van der Waals surface area contributed by atoms with E-state index in [1.807, 2.05) is 48.0 Å². The van der Waals surface area contributed by atoms with Crippen molar-refractivity contribution in [3.05, 3.63) is 58.2 Å². The van der Waals surface area contributed by atoms with Gasteiger partial charge in [0, 0.05) is 22.2 Å². The second kappa shape index (κ2) is 8.28. The third kappa shape index (κ3) is 4.91. The van der Waals surface area contributed by atoms with Crippen LogP contribution in [0.3, 0.4) is 0 Å². The maximum Gasteiger partial charge on any atom is 0.265 e. The first kappa shape index (κ1) is 17.7. The van der Waals surface area contributed by atoms with E-state index in [9.17, 15) is 9.59 Å². The highest BCUT2D eigenvalue weighted by atomic mass is 32.2. The number of carbonyl (C=O) groups is 2. The fourth-order valence-corrected chi connectivity index (χ4v) is 4.07. The van der Waals surface area contributed by atoms with Crippen LogP contribution in [0.5, 0.6) is 0 Å².